The summed E-state index contributed by atoms with van der Waals surface area (Å²) in [6.45, 7) is 2.57. The van der Waals surface area contributed by atoms with Crippen LogP contribution in [0.25, 0.3) is 5.69 Å². The largest absolute Gasteiger partial charge is 0.382 e. The maximum Gasteiger partial charge on any atom is 0.182 e. The first-order valence-electron chi connectivity index (χ1n) is 6.43. The van der Waals surface area contributed by atoms with Gasteiger partial charge in [0.2, 0.25) is 0 Å². The number of halogens is 1. The van der Waals surface area contributed by atoms with Gasteiger partial charge >= 0.3 is 0 Å². The van der Waals surface area contributed by atoms with Gasteiger partial charge in [0.05, 0.1) is 10.7 Å². The van der Waals surface area contributed by atoms with Crippen molar-refractivity contribution >= 4 is 33.1 Å². The average Bonchev–Trinajstić information content (AvgIpc) is 2.73. The van der Waals surface area contributed by atoms with E-state index in [1.165, 1.54) is 4.68 Å². The summed E-state index contributed by atoms with van der Waals surface area (Å²) in [5.74, 6) is 0.293. The fraction of sp³-hybridized carbons (Fsp3) is 0.308. The molecule has 2 aromatic rings. The van der Waals surface area contributed by atoms with E-state index in [1.54, 1.807) is 24.3 Å². The second kappa shape index (κ2) is 5.95. The number of sulfone groups is 1. The van der Waals surface area contributed by atoms with E-state index < -0.39 is 9.84 Å². The fourth-order valence-electron chi connectivity index (χ4n) is 1.95. The molecule has 1 aromatic carbocycles. The van der Waals surface area contributed by atoms with Crippen molar-refractivity contribution in [3.05, 3.63) is 29.3 Å². The zero-order chi connectivity index (χ0) is 15.6. The molecule has 1 aromatic heterocycles. The summed E-state index contributed by atoms with van der Waals surface area (Å²) in [5, 5.41) is 7.69. The van der Waals surface area contributed by atoms with Crippen LogP contribution >= 0.6 is 11.6 Å². The summed E-state index contributed by atoms with van der Waals surface area (Å²) in [5.41, 5.74) is 6.52. The molecule has 2 rings (SSSR count). The highest BCUT2D eigenvalue weighted by Gasteiger charge is 2.25. The Kier molecular flexibility index (Phi) is 4.43. The van der Waals surface area contributed by atoms with Crippen molar-refractivity contribution in [1.82, 2.24) is 9.78 Å². The van der Waals surface area contributed by atoms with Crippen molar-refractivity contribution in [1.29, 1.82) is 0 Å². The monoisotopic (exact) mass is 328 g/mol. The molecule has 8 heteroatoms. The van der Waals surface area contributed by atoms with Gasteiger partial charge in [0.1, 0.15) is 5.82 Å². The van der Waals surface area contributed by atoms with Crippen molar-refractivity contribution in [2.75, 3.05) is 23.9 Å². The number of nitrogens with two attached hydrogens (primary N) is 1. The van der Waals surface area contributed by atoms with E-state index in [-0.39, 0.29) is 16.5 Å². The number of nitrogens with zero attached hydrogens (tertiary/aromatic N) is 2. The second-order valence-corrected chi connectivity index (χ2v) is 6.98. The van der Waals surface area contributed by atoms with E-state index in [0.29, 0.717) is 17.3 Å². The molecule has 0 bridgehead atoms. The zero-order valence-corrected chi connectivity index (χ0v) is 13.4. The topological polar surface area (TPSA) is 90.0 Å². The van der Waals surface area contributed by atoms with Crippen LogP contribution in [-0.4, -0.2) is 31.0 Å². The van der Waals surface area contributed by atoms with Crippen LogP contribution < -0.4 is 11.1 Å². The number of para-hydroxylation sites is 1. The van der Waals surface area contributed by atoms with Crippen LogP contribution in [0.2, 0.25) is 5.02 Å². The van der Waals surface area contributed by atoms with Gasteiger partial charge < -0.3 is 11.1 Å². The Bertz CT molecular complexity index is 756. The highest BCUT2D eigenvalue weighted by atomic mass is 35.5. The number of anilines is 2. The minimum absolute atomic E-state index is 0.00382. The molecule has 6 nitrogen and oxygen atoms in total. The van der Waals surface area contributed by atoms with E-state index >= 15 is 0 Å². The number of hydrogen-bond acceptors (Lipinski definition) is 5. The Morgan fingerprint density at radius 3 is 2.62 bits per heavy atom. The van der Waals surface area contributed by atoms with E-state index in [4.69, 9.17) is 17.3 Å². The lowest BCUT2D eigenvalue weighted by Crippen LogP contribution is -2.07. The molecule has 0 unspecified atom stereocenters. The van der Waals surface area contributed by atoms with Crippen LogP contribution in [0.5, 0.6) is 0 Å². The van der Waals surface area contributed by atoms with Crippen molar-refractivity contribution in [3.8, 4) is 5.69 Å². The molecular formula is C13H17ClN4O2S. The predicted octanol–water partition coefficient (Wildman–Crippen LogP) is 2.33. The predicted molar refractivity (Wildman–Crippen MR) is 84.9 cm³/mol. The van der Waals surface area contributed by atoms with Crippen LogP contribution in [0.3, 0.4) is 0 Å². The van der Waals surface area contributed by atoms with Gasteiger partial charge in [0.15, 0.2) is 20.6 Å². The number of benzene rings is 1. The molecular weight excluding hydrogens is 312 g/mol. The Balaban J connectivity index is 2.65. The van der Waals surface area contributed by atoms with Crippen molar-refractivity contribution < 1.29 is 8.42 Å². The minimum Gasteiger partial charge on any atom is -0.382 e. The Hall–Kier alpha value is -1.73. The summed E-state index contributed by atoms with van der Waals surface area (Å²) < 4.78 is 25.3. The first-order valence-corrected chi connectivity index (χ1v) is 8.70. The van der Waals surface area contributed by atoms with Crippen LogP contribution in [0.4, 0.5) is 11.6 Å². The van der Waals surface area contributed by atoms with E-state index in [9.17, 15) is 8.42 Å². The molecule has 0 radical (unpaired) electrons. The minimum atomic E-state index is -3.51. The smallest absolute Gasteiger partial charge is 0.182 e. The first-order chi connectivity index (χ1) is 9.86. The number of hydrogen-bond donors (Lipinski definition) is 2. The van der Waals surface area contributed by atoms with Gasteiger partial charge in [0, 0.05) is 12.8 Å². The molecule has 0 aliphatic rings. The summed E-state index contributed by atoms with van der Waals surface area (Å²) in [6.07, 6.45) is 1.94. The highest BCUT2D eigenvalue weighted by Crippen LogP contribution is 2.31. The van der Waals surface area contributed by atoms with Gasteiger partial charge in [-0.2, -0.15) is 0 Å². The van der Waals surface area contributed by atoms with Crippen molar-refractivity contribution in [3.63, 3.8) is 0 Å². The lowest BCUT2D eigenvalue weighted by atomic mass is 10.3. The lowest BCUT2D eigenvalue weighted by Gasteiger charge is -2.05. The molecule has 0 fully saturated rings. The molecule has 0 atom stereocenters. The second-order valence-electron chi connectivity index (χ2n) is 4.63. The number of rotatable bonds is 5. The van der Waals surface area contributed by atoms with Crippen molar-refractivity contribution in [2.24, 2.45) is 0 Å². The van der Waals surface area contributed by atoms with Crippen LogP contribution in [0.15, 0.2) is 29.2 Å². The molecule has 0 saturated heterocycles. The van der Waals surface area contributed by atoms with Gasteiger partial charge in [-0.1, -0.05) is 30.7 Å². The Labute approximate surface area is 128 Å². The fourth-order valence-corrected chi connectivity index (χ4v) is 3.09. The average molecular weight is 329 g/mol. The van der Waals surface area contributed by atoms with Crippen LogP contribution in [-0.2, 0) is 9.84 Å². The number of nitrogens with one attached hydrogen (secondary N) is 1. The summed E-state index contributed by atoms with van der Waals surface area (Å²) in [6, 6.07) is 6.97. The highest BCUT2D eigenvalue weighted by molar-refractivity contribution is 7.91. The summed E-state index contributed by atoms with van der Waals surface area (Å²) in [7, 11) is -3.51. The molecule has 114 valence electrons. The molecule has 0 saturated carbocycles. The Morgan fingerprint density at radius 1 is 1.38 bits per heavy atom. The van der Waals surface area contributed by atoms with Gasteiger partial charge in [0.25, 0.3) is 0 Å². The first kappa shape index (κ1) is 15.7. The summed E-state index contributed by atoms with van der Waals surface area (Å²) in [4.78, 5) is -0.00382. The van der Waals surface area contributed by atoms with Gasteiger partial charge in [-0.05, 0) is 18.6 Å². The molecule has 0 amide bonds. The van der Waals surface area contributed by atoms with Crippen LogP contribution in [0.1, 0.15) is 13.3 Å². The van der Waals surface area contributed by atoms with Gasteiger partial charge in [-0.15, -0.1) is 5.10 Å². The third kappa shape index (κ3) is 3.14. The SMILES string of the molecule is CCCNc1nn(-c2ccccc2Cl)c(N)c1S(C)(=O)=O. The van der Waals surface area contributed by atoms with Gasteiger partial charge in [-0.3, -0.25) is 0 Å². The normalized spacial score (nSPS) is 11.6. The Morgan fingerprint density at radius 2 is 2.05 bits per heavy atom. The lowest BCUT2D eigenvalue weighted by molar-refractivity contribution is 0.602. The molecule has 21 heavy (non-hydrogen) atoms. The standard InChI is InChI=1S/C13H17ClN4O2S/c1-3-8-16-13-11(21(2,19)20)12(15)18(17-13)10-7-5-4-6-9(10)14/h4-7H,3,8,15H2,1-2H3,(H,16,17). The van der Waals surface area contributed by atoms with Crippen molar-refractivity contribution in [2.45, 2.75) is 18.2 Å². The maximum absolute atomic E-state index is 12.0. The van der Waals surface area contributed by atoms with Gasteiger partial charge in [-0.25, -0.2) is 13.1 Å². The van der Waals surface area contributed by atoms with E-state index in [2.05, 4.69) is 10.4 Å². The number of nitrogen functional groups attached to an aromatic ring is 1. The number of aromatic nitrogens is 2. The third-order valence-corrected chi connectivity index (χ3v) is 4.33. The maximum atomic E-state index is 12.0. The molecule has 0 aliphatic carbocycles. The van der Waals surface area contributed by atoms with E-state index in [1.807, 2.05) is 6.92 Å². The third-order valence-electron chi connectivity index (χ3n) is 2.87. The quantitative estimate of drug-likeness (QED) is 0.879. The molecule has 0 aliphatic heterocycles. The van der Waals surface area contributed by atoms with E-state index in [0.717, 1.165) is 12.7 Å². The zero-order valence-electron chi connectivity index (χ0n) is 11.8. The summed E-state index contributed by atoms with van der Waals surface area (Å²) >= 11 is 6.12. The van der Waals surface area contributed by atoms with Crippen LogP contribution in [0, 0.1) is 0 Å². The molecule has 3 N–H and O–H groups in total. The molecule has 1 heterocycles. The molecule has 0 spiro atoms.